The Hall–Kier alpha value is -2.91. The summed E-state index contributed by atoms with van der Waals surface area (Å²) >= 11 is 0. The molecule has 25 heavy (non-hydrogen) atoms. The van der Waals surface area contributed by atoms with Crippen LogP contribution in [0, 0.1) is 0 Å². The first-order valence-electron chi connectivity index (χ1n) is 8.27. The molecule has 1 N–H and O–H groups in total. The average Bonchev–Trinajstić information content (AvgIpc) is 2.66. The van der Waals surface area contributed by atoms with Gasteiger partial charge in [-0.1, -0.05) is 66.7 Å². The molecule has 0 aliphatic carbocycles. The third-order valence-electron chi connectivity index (χ3n) is 4.01. The summed E-state index contributed by atoms with van der Waals surface area (Å²) in [5, 5.41) is 9.80. The number of carbonyl (C=O) groups is 1. The number of phenolic OH excluding ortho intramolecular Hbond substituents is 1. The van der Waals surface area contributed by atoms with Gasteiger partial charge in [0.1, 0.15) is 5.75 Å². The normalized spacial score (nSPS) is 10.6. The third-order valence-corrected chi connectivity index (χ3v) is 4.01. The van der Waals surface area contributed by atoms with Gasteiger partial charge in [0.25, 0.3) is 0 Å². The SMILES string of the molecule is O=C(c1ccc(CCOCc2ccccc2)cc1)c1ccccc1O. The van der Waals surface area contributed by atoms with Crippen molar-refractivity contribution in [3.8, 4) is 5.75 Å². The Bertz CT molecular complexity index is 823. The van der Waals surface area contributed by atoms with Crippen LogP contribution in [0.4, 0.5) is 0 Å². The summed E-state index contributed by atoms with van der Waals surface area (Å²) in [4.78, 5) is 12.4. The summed E-state index contributed by atoms with van der Waals surface area (Å²) in [7, 11) is 0. The van der Waals surface area contributed by atoms with E-state index in [1.807, 2.05) is 42.5 Å². The van der Waals surface area contributed by atoms with Gasteiger partial charge in [-0.25, -0.2) is 0 Å². The molecule has 0 spiro atoms. The summed E-state index contributed by atoms with van der Waals surface area (Å²) in [6.07, 6.45) is 0.790. The smallest absolute Gasteiger partial charge is 0.196 e. The predicted molar refractivity (Wildman–Crippen MR) is 97.8 cm³/mol. The van der Waals surface area contributed by atoms with Gasteiger partial charge in [0.05, 0.1) is 18.8 Å². The van der Waals surface area contributed by atoms with Crippen LogP contribution >= 0.6 is 0 Å². The molecule has 0 amide bonds. The number of phenols is 1. The second kappa shape index (κ2) is 8.27. The molecule has 126 valence electrons. The summed E-state index contributed by atoms with van der Waals surface area (Å²) in [6, 6.07) is 24.1. The van der Waals surface area contributed by atoms with Crippen LogP contribution in [-0.2, 0) is 17.8 Å². The number of carbonyl (C=O) groups excluding carboxylic acids is 1. The molecule has 0 aliphatic heterocycles. The van der Waals surface area contributed by atoms with E-state index in [0.717, 1.165) is 17.5 Å². The van der Waals surface area contributed by atoms with E-state index in [0.29, 0.717) is 24.3 Å². The van der Waals surface area contributed by atoms with Crippen LogP contribution in [0.3, 0.4) is 0 Å². The lowest BCUT2D eigenvalue weighted by Crippen LogP contribution is -2.03. The zero-order chi connectivity index (χ0) is 17.5. The highest BCUT2D eigenvalue weighted by Crippen LogP contribution is 2.20. The largest absolute Gasteiger partial charge is 0.507 e. The van der Waals surface area contributed by atoms with Crippen molar-refractivity contribution >= 4 is 5.78 Å². The lowest BCUT2D eigenvalue weighted by molar-refractivity contribution is 0.103. The molecule has 0 bridgehead atoms. The highest BCUT2D eigenvalue weighted by molar-refractivity contribution is 6.10. The predicted octanol–water partition coefficient (Wildman–Crippen LogP) is 4.38. The summed E-state index contributed by atoms with van der Waals surface area (Å²) in [5.74, 6) is -0.170. The number of ketones is 1. The molecule has 0 fully saturated rings. The quantitative estimate of drug-likeness (QED) is 0.516. The zero-order valence-corrected chi connectivity index (χ0v) is 13.9. The standard InChI is InChI=1S/C22H20O3/c23-21-9-5-4-8-20(21)22(24)19-12-10-17(11-13-19)14-15-25-16-18-6-2-1-3-7-18/h1-13,23H,14-16H2. The Labute approximate surface area is 147 Å². The maximum atomic E-state index is 12.4. The van der Waals surface area contributed by atoms with Crippen LogP contribution in [-0.4, -0.2) is 17.5 Å². The molecule has 0 aliphatic rings. The summed E-state index contributed by atoms with van der Waals surface area (Å²) in [6.45, 7) is 1.23. The monoisotopic (exact) mass is 332 g/mol. The van der Waals surface area contributed by atoms with E-state index in [2.05, 4.69) is 0 Å². The van der Waals surface area contributed by atoms with Gasteiger partial charge in [-0.05, 0) is 29.7 Å². The van der Waals surface area contributed by atoms with Crippen LogP contribution in [0.25, 0.3) is 0 Å². The number of hydrogen-bond acceptors (Lipinski definition) is 3. The Morgan fingerprint density at radius 1 is 0.800 bits per heavy atom. The van der Waals surface area contributed by atoms with Gasteiger partial charge in [-0.3, -0.25) is 4.79 Å². The molecule has 3 rings (SSSR count). The van der Waals surface area contributed by atoms with Gasteiger partial charge in [-0.2, -0.15) is 0 Å². The lowest BCUT2D eigenvalue weighted by atomic mass is 10.0. The second-order valence-corrected chi connectivity index (χ2v) is 5.83. The number of ether oxygens (including phenoxy) is 1. The minimum absolute atomic E-state index is 0.00545. The van der Waals surface area contributed by atoms with Crippen molar-refractivity contribution < 1.29 is 14.6 Å². The van der Waals surface area contributed by atoms with E-state index in [-0.39, 0.29) is 11.5 Å². The first-order chi connectivity index (χ1) is 12.2. The van der Waals surface area contributed by atoms with Gasteiger partial charge < -0.3 is 9.84 Å². The van der Waals surface area contributed by atoms with Crippen LogP contribution in [0.5, 0.6) is 5.75 Å². The fraction of sp³-hybridized carbons (Fsp3) is 0.136. The molecule has 0 saturated carbocycles. The van der Waals surface area contributed by atoms with E-state index in [4.69, 9.17) is 4.74 Å². The number of rotatable bonds is 7. The van der Waals surface area contributed by atoms with Crippen molar-refractivity contribution in [1.29, 1.82) is 0 Å². The molecule has 0 saturated heterocycles. The van der Waals surface area contributed by atoms with Crippen molar-refractivity contribution in [2.75, 3.05) is 6.61 Å². The van der Waals surface area contributed by atoms with E-state index < -0.39 is 0 Å². The molecule has 0 radical (unpaired) electrons. The number of hydrogen-bond donors (Lipinski definition) is 1. The average molecular weight is 332 g/mol. The van der Waals surface area contributed by atoms with E-state index in [1.165, 1.54) is 6.07 Å². The van der Waals surface area contributed by atoms with Crippen LogP contribution in [0.2, 0.25) is 0 Å². The molecule has 0 atom stereocenters. The van der Waals surface area contributed by atoms with Crippen molar-refractivity contribution in [2.45, 2.75) is 13.0 Å². The highest BCUT2D eigenvalue weighted by atomic mass is 16.5. The minimum atomic E-state index is -0.176. The Kier molecular flexibility index (Phi) is 5.60. The fourth-order valence-corrected chi connectivity index (χ4v) is 2.60. The topological polar surface area (TPSA) is 46.5 Å². The zero-order valence-electron chi connectivity index (χ0n) is 13.9. The lowest BCUT2D eigenvalue weighted by Gasteiger charge is -2.07. The summed E-state index contributed by atoms with van der Waals surface area (Å²) in [5.41, 5.74) is 3.16. The number of aromatic hydroxyl groups is 1. The molecular weight excluding hydrogens is 312 g/mol. The first kappa shape index (κ1) is 16.9. The molecule has 3 aromatic rings. The van der Waals surface area contributed by atoms with Crippen molar-refractivity contribution in [3.05, 3.63) is 101 Å². The number of benzene rings is 3. The highest BCUT2D eigenvalue weighted by Gasteiger charge is 2.12. The van der Waals surface area contributed by atoms with Crippen molar-refractivity contribution in [1.82, 2.24) is 0 Å². The minimum Gasteiger partial charge on any atom is -0.507 e. The molecule has 3 nitrogen and oxygen atoms in total. The van der Waals surface area contributed by atoms with Gasteiger partial charge in [0, 0.05) is 5.56 Å². The van der Waals surface area contributed by atoms with Gasteiger partial charge in [-0.15, -0.1) is 0 Å². The maximum absolute atomic E-state index is 12.4. The summed E-state index contributed by atoms with van der Waals surface area (Å²) < 4.78 is 5.69. The molecule has 3 heteroatoms. The Morgan fingerprint density at radius 3 is 2.20 bits per heavy atom. The van der Waals surface area contributed by atoms with E-state index in [9.17, 15) is 9.90 Å². The second-order valence-electron chi connectivity index (χ2n) is 5.83. The number of para-hydroxylation sites is 1. The first-order valence-corrected chi connectivity index (χ1v) is 8.27. The van der Waals surface area contributed by atoms with Crippen molar-refractivity contribution in [3.63, 3.8) is 0 Å². The van der Waals surface area contributed by atoms with Crippen LogP contribution < -0.4 is 0 Å². The molecule has 0 aromatic heterocycles. The molecule has 0 unspecified atom stereocenters. The molecular formula is C22H20O3. The van der Waals surface area contributed by atoms with Gasteiger partial charge in [0.2, 0.25) is 0 Å². The van der Waals surface area contributed by atoms with Gasteiger partial charge >= 0.3 is 0 Å². The maximum Gasteiger partial charge on any atom is 0.196 e. The Morgan fingerprint density at radius 2 is 1.48 bits per heavy atom. The van der Waals surface area contributed by atoms with E-state index in [1.54, 1.807) is 30.3 Å². The molecule has 3 aromatic carbocycles. The third kappa shape index (κ3) is 4.55. The van der Waals surface area contributed by atoms with Gasteiger partial charge in [0.15, 0.2) is 5.78 Å². The van der Waals surface area contributed by atoms with Crippen LogP contribution in [0.15, 0.2) is 78.9 Å². The fourth-order valence-electron chi connectivity index (χ4n) is 2.60. The van der Waals surface area contributed by atoms with Crippen LogP contribution in [0.1, 0.15) is 27.0 Å². The van der Waals surface area contributed by atoms with Crippen molar-refractivity contribution in [2.24, 2.45) is 0 Å². The Balaban J connectivity index is 1.54. The van der Waals surface area contributed by atoms with E-state index >= 15 is 0 Å². The molecule has 0 heterocycles.